The van der Waals surface area contributed by atoms with Gasteiger partial charge in [-0.25, -0.2) is 9.50 Å². The Morgan fingerprint density at radius 2 is 1.82 bits per heavy atom. The van der Waals surface area contributed by atoms with E-state index in [0.717, 1.165) is 22.5 Å². The van der Waals surface area contributed by atoms with Crippen LogP contribution >= 0.6 is 11.6 Å². The first-order chi connectivity index (χ1) is 10.4. The first kappa shape index (κ1) is 14.6. The quantitative estimate of drug-likeness (QED) is 0.597. The topological polar surface area (TPSA) is 43.1 Å². The van der Waals surface area contributed by atoms with Crippen molar-refractivity contribution >= 4 is 17.2 Å². The summed E-state index contributed by atoms with van der Waals surface area (Å²) in [7, 11) is 0. The third-order valence-electron chi connectivity index (χ3n) is 3.14. The van der Waals surface area contributed by atoms with E-state index < -0.39 is 0 Å². The summed E-state index contributed by atoms with van der Waals surface area (Å²) in [6, 6.07) is 3.78. The minimum atomic E-state index is -0.00794. The van der Waals surface area contributed by atoms with E-state index in [4.69, 9.17) is 11.6 Å². The second kappa shape index (κ2) is 5.43. The van der Waals surface area contributed by atoms with E-state index in [2.05, 4.69) is 47.7 Å². The molecule has 0 aromatic carbocycles. The van der Waals surface area contributed by atoms with Crippen molar-refractivity contribution < 1.29 is 0 Å². The molecule has 0 aliphatic rings. The van der Waals surface area contributed by atoms with Gasteiger partial charge in [-0.15, -0.1) is 0 Å². The molecule has 3 rings (SSSR count). The van der Waals surface area contributed by atoms with E-state index in [9.17, 15) is 0 Å². The molecule has 0 radical (unpaired) electrons. The standard InChI is InChI=1S/C17H15ClN4/c1-17(2,3)15-7-16-20-9-13(11-22(16)21-15)5-4-12-6-14(18)10-19-8-12/h6-11H,1-3H3. The first-order valence-electron chi connectivity index (χ1n) is 6.90. The monoisotopic (exact) mass is 310 g/mol. The molecule has 0 amide bonds. The van der Waals surface area contributed by atoms with Crippen molar-refractivity contribution in [3.63, 3.8) is 0 Å². The van der Waals surface area contributed by atoms with Gasteiger partial charge in [-0.05, 0) is 6.07 Å². The summed E-state index contributed by atoms with van der Waals surface area (Å²) in [4.78, 5) is 8.41. The smallest absolute Gasteiger partial charge is 0.155 e. The van der Waals surface area contributed by atoms with Gasteiger partial charge < -0.3 is 0 Å². The molecular formula is C17H15ClN4. The molecule has 0 aliphatic carbocycles. The number of nitrogens with zero attached hydrogens (tertiary/aromatic N) is 4. The van der Waals surface area contributed by atoms with Gasteiger partial charge in [0.25, 0.3) is 0 Å². The average molecular weight is 311 g/mol. The maximum atomic E-state index is 5.89. The molecule has 0 atom stereocenters. The van der Waals surface area contributed by atoms with Gasteiger partial charge in [-0.3, -0.25) is 4.98 Å². The fourth-order valence-corrected chi connectivity index (χ4v) is 2.11. The summed E-state index contributed by atoms with van der Waals surface area (Å²) >= 11 is 5.89. The van der Waals surface area contributed by atoms with E-state index >= 15 is 0 Å². The molecule has 0 fully saturated rings. The molecule has 0 bridgehead atoms. The van der Waals surface area contributed by atoms with E-state index in [1.165, 1.54) is 0 Å². The zero-order chi connectivity index (χ0) is 15.7. The Hall–Kier alpha value is -2.38. The highest BCUT2D eigenvalue weighted by Crippen LogP contribution is 2.21. The minimum absolute atomic E-state index is 0.00794. The molecular weight excluding hydrogens is 296 g/mol. The molecule has 0 aliphatic heterocycles. The largest absolute Gasteiger partial charge is 0.262 e. The molecule has 3 aromatic heterocycles. The lowest BCUT2D eigenvalue weighted by atomic mass is 9.93. The fourth-order valence-electron chi connectivity index (χ4n) is 1.93. The summed E-state index contributed by atoms with van der Waals surface area (Å²) in [6.45, 7) is 6.38. The van der Waals surface area contributed by atoms with Crippen LogP contribution in [0, 0.1) is 11.8 Å². The summed E-state index contributed by atoms with van der Waals surface area (Å²) in [5, 5.41) is 5.14. The van der Waals surface area contributed by atoms with Crippen LogP contribution in [0.15, 0.2) is 36.9 Å². The van der Waals surface area contributed by atoms with Crippen molar-refractivity contribution in [2.75, 3.05) is 0 Å². The Kier molecular flexibility index (Phi) is 3.59. The van der Waals surface area contributed by atoms with E-state index in [-0.39, 0.29) is 5.41 Å². The minimum Gasteiger partial charge on any atom is -0.262 e. The number of pyridine rings is 1. The van der Waals surface area contributed by atoms with Crippen molar-refractivity contribution in [3.8, 4) is 11.8 Å². The molecule has 0 spiro atoms. The van der Waals surface area contributed by atoms with Gasteiger partial charge >= 0.3 is 0 Å². The van der Waals surface area contributed by atoms with Gasteiger partial charge in [0, 0.05) is 41.8 Å². The van der Waals surface area contributed by atoms with Gasteiger partial charge in [-0.2, -0.15) is 5.10 Å². The second-order valence-electron chi connectivity index (χ2n) is 6.07. The molecule has 110 valence electrons. The van der Waals surface area contributed by atoms with E-state index in [1.807, 2.05) is 12.3 Å². The molecule has 22 heavy (non-hydrogen) atoms. The lowest BCUT2D eigenvalue weighted by Gasteiger charge is -2.13. The highest BCUT2D eigenvalue weighted by Gasteiger charge is 2.17. The summed E-state index contributed by atoms with van der Waals surface area (Å²) in [5.41, 5.74) is 3.37. The zero-order valence-corrected chi connectivity index (χ0v) is 13.4. The number of hydrogen-bond donors (Lipinski definition) is 0. The number of rotatable bonds is 0. The van der Waals surface area contributed by atoms with Crippen LogP contribution in [-0.2, 0) is 5.41 Å². The molecule has 0 N–H and O–H groups in total. The third-order valence-corrected chi connectivity index (χ3v) is 3.34. The van der Waals surface area contributed by atoms with Gasteiger partial charge in [0.15, 0.2) is 5.65 Å². The van der Waals surface area contributed by atoms with Crippen LogP contribution in [0.5, 0.6) is 0 Å². The highest BCUT2D eigenvalue weighted by molar-refractivity contribution is 6.30. The Balaban J connectivity index is 1.96. The number of fused-ring (bicyclic) bond motifs is 1. The second-order valence-corrected chi connectivity index (χ2v) is 6.50. The predicted molar refractivity (Wildman–Crippen MR) is 86.9 cm³/mol. The van der Waals surface area contributed by atoms with E-state index in [0.29, 0.717) is 5.02 Å². The molecule has 4 nitrogen and oxygen atoms in total. The highest BCUT2D eigenvalue weighted by atomic mass is 35.5. The SMILES string of the molecule is CC(C)(C)c1cc2ncc(C#Cc3cncc(Cl)c3)cn2n1. The van der Waals surface area contributed by atoms with Crippen LogP contribution in [0.2, 0.25) is 5.02 Å². The van der Waals surface area contributed by atoms with Crippen molar-refractivity contribution in [2.24, 2.45) is 0 Å². The number of aromatic nitrogens is 4. The Morgan fingerprint density at radius 1 is 1.05 bits per heavy atom. The van der Waals surface area contributed by atoms with Crippen LogP contribution in [0.3, 0.4) is 0 Å². The van der Waals surface area contributed by atoms with Crippen LogP contribution in [0.1, 0.15) is 37.6 Å². The maximum absolute atomic E-state index is 5.89. The van der Waals surface area contributed by atoms with E-state index in [1.54, 1.807) is 29.2 Å². The molecule has 0 unspecified atom stereocenters. The number of hydrogen-bond acceptors (Lipinski definition) is 3. The zero-order valence-electron chi connectivity index (χ0n) is 12.6. The first-order valence-corrected chi connectivity index (χ1v) is 7.28. The Morgan fingerprint density at radius 3 is 2.55 bits per heavy atom. The molecule has 0 saturated carbocycles. The van der Waals surface area contributed by atoms with Crippen molar-refractivity contribution in [2.45, 2.75) is 26.2 Å². The van der Waals surface area contributed by atoms with Crippen molar-refractivity contribution in [1.82, 2.24) is 19.6 Å². The fraction of sp³-hybridized carbons (Fsp3) is 0.235. The van der Waals surface area contributed by atoms with Crippen LogP contribution in [0.25, 0.3) is 5.65 Å². The van der Waals surface area contributed by atoms with Crippen LogP contribution in [0.4, 0.5) is 0 Å². The van der Waals surface area contributed by atoms with Gasteiger partial charge in [0.2, 0.25) is 0 Å². The van der Waals surface area contributed by atoms with Gasteiger partial charge in [0.05, 0.1) is 16.3 Å². The summed E-state index contributed by atoms with van der Waals surface area (Å²) in [6.07, 6.45) is 6.88. The van der Waals surface area contributed by atoms with Gasteiger partial charge in [0.1, 0.15) is 0 Å². The van der Waals surface area contributed by atoms with Crippen LogP contribution < -0.4 is 0 Å². The third kappa shape index (κ3) is 3.10. The molecule has 5 heteroatoms. The van der Waals surface area contributed by atoms with Crippen molar-refractivity contribution in [1.29, 1.82) is 0 Å². The van der Waals surface area contributed by atoms with Gasteiger partial charge in [-0.1, -0.05) is 44.2 Å². The Labute approximate surface area is 134 Å². The molecule has 3 aromatic rings. The lowest BCUT2D eigenvalue weighted by molar-refractivity contribution is 0.562. The van der Waals surface area contributed by atoms with Crippen LogP contribution in [-0.4, -0.2) is 19.6 Å². The summed E-state index contributed by atoms with van der Waals surface area (Å²) in [5.74, 6) is 6.08. The lowest BCUT2D eigenvalue weighted by Crippen LogP contribution is -2.11. The Bertz CT molecular complexity index is 894. The normalized spacial score (nSPS) is 11.3. The maximum Gasteiger partial charge on any atom is 0.155 e. The average Bonchev–Trinajstić information content (AvgIpc) is 2.88. The number of halogens is 1. The molecule has 3 heterocycles. The molecule has 0 saturated heterocycles. The summed E-state index contributed by atoms with van der Waals surface area (Å²) < 4.78 is 1.76. The van der Waals surface area contributed by atoms with Crippen molar-refractivity contribution in [3.05, 3.63) is 58.8 Å². The predicted octanol–water partition coefficient (Wildman–Crippen LogP) is 3.48.